The third kappa shape index (κ3) is 7.76. The second-order valence-electron chi connectivity index (χ2n) is 7.27. The van der Waals surface area contributed by atoms with Gasteiger partial charge in [0.25, 0.3) is 0 Å². The first kappa shape index (κ1) is 24.5. The van der Waals surface area contributed by atoms with Crippen molar-refractivity contribution in [1.82, 2.24) is 0 Å². The van der Waals surface area contributed by atoms with Gasteiger partial charge in [0.05, 0.1) is 24.2 Å². The number of hydrogen-bond acceptors (Lipinski definition) is 7. The second kappa shape index (κ2) is 11.0. The van der Waals surface area contributed by atoms with Crippen molar-refractivity contribution in [1.29, 1.82) is 0 Å². The van der Waals surface area contributed by atoms with Gasteiger partial charge in [-0.05, 0) is 44.2 Å². The van der Waals surface area contributed by atoms with E-state index in [0.717, 1.165) is 6.26 Å². The van der Waals surface area contributed by atoms with Crippen LogP contribution in [0.25, 0.3) is 0 Å². The van der Waals surface area contributed by atoms with Gasteiger partial charge < -0.3 is 24.4 Å². The van der Waals surface area contributed by atoms with Crippen molar-refractivity contribution in [3.63, 3.8) is 0 Å². The normalized spacial score (nSPS) is 12.5. The van der Waals surface area contributed by atoms with Crippen LogP contribution in [0.4, 0.5) is 0 Å². The monoisotopic (exact) mass is 452 g/mol. The standard InChI is InChI=1S/C22H28O8S/c1-15(2)30-20(22(24)25)14-16-6-4-7-19(21(16)23)29-13-5-12-28-17-8-10-18(11-9-17)31(3,26)27/h4,6-11,15,20,23H,5,12-14H2,1-3H3,(H,24,25). The largest absolute Gasteiger partial charge is 0.504 e. The van der Waals surface area contributed by atoms with Crippen LogP contribution in [0.5, 0.6) is 17.2 Å². The maximum Gasteiger partial charge on any atom is 0.333 e. The molecule has 2 aromatic rings. The molecular formula is C22H28O8S. The topological polar surface area (TPSA) is 119 Å². The molecule has 0 saturated carbocycles. The molecule has 0 aromatic heterocycles. The van der Waals surface area contributed by atoms with Gasteiger partial charge >= 0.3 is 5.97 Å². The van der Waals surface area contributed by atoms with E-state index in [4.69, 9.17) is 14.2 Å². The summed E-state index contributed by atoms with van der Waals surface area (Å²) in [5, 5.41) is 19.7. The van der Waals surface area contributed by atoms with Gasteiger partial charge in [-0.3, -0.25) is 0 Å². The highest BCUT2D eigenvalue weighted by atomic mass is 32.2. The summed E-state index contributed by atoms with van der Waals surface area (Å²) < 4.78 is 39.5. The molecule has 0 aliphatic rings. The van der Waals surface area contributed by atoms with Gasteiger partial charge in [0, 0.05) is 24.7 Å². The van der Waals surface area contributed by atoms with Gasteiger partial charge in [0.1, 0.15) is 5.75 Å². The van der Waals surface area contributed by atoms with E-state index in [1.807, 2.05) is 0 Å². The van der Waals surface area contributed by atoms with Crippen LogP contribution in [0.3, 0.4) is 0 Å². The van der Waals surface area contributed by atoms with Crippen LogP contribution in [0.2, 0.25) is 0 Å². The molecule has 2 N–H and O–H groups in total. The van der Waals surface area contributed by atoms with Crippen LogP contribution < -0.4 is 9.47 Å². The van der Waals surface area contributed by atoms with E-state index in [1.54, 1.807) is 44.2 Å². The van der Waals surface area contributed by atoms with E-state index in [-0.39, 0.29) is 35.5 Å². The second-order valence-corrected chi connectivity index (χ2v) is 9.29. The maximum atomic E-state index is 11.5. The van der Waals surface area contributed by atoms with Gasteiger partial charge in [0.2, 0.25) is 0 Å². The Hall–Kier alpha value is -2.78. The molecule has 0 aliphatic carbocycles. The molecular weight excluding hydrogens is 424 g/mol. The molecule has 0 aliphatic heterocycles. The van der Waals surface area contributed by atoms with Crippen LogP contribution in [0, 0.1) is 0 Å². The predicted octanol–water partition coefficient (Wildman–Crippen LogP) is 3.06. The number of rotatable bonds is 12. The zero-order valence-corrected chi connectivity index (χ0v) is 18.6. The lowest BCUT2D eigenvalue weighted by Gasteiger charge is -2.18. The Bertz CT molecular complexity index is 968. The molecule has 0 saturated heterocycles. The lowest BCUT2D eigenvalue weighted by molar-refractivity contribution is -0.153. The number of carbonyl (C=O) groups is 1. The molecule has 2 rings (SSSR count). The highest BCUT2D eigenvalue weighted by molar-refractivity contribution is 7.90. The van der Waals surface area contributed by atoms with Crippen molar-refractivity contribution in [3.05, 3.63) is 48.0 Å². The molecule has 0 heterocycles. The highest BCUT2D eigenvalue weighted by Gasteiger charge is 2.22. The molecule has 0 bridgehead atoms. The predicted molar refractivity (Wildman–Crippen MR) is 115 cm³/mol. The summed E-state index contributed by atoms with van der Waals surface area (Å²) in [6, 6.07) is 11.1. The average Bonchev–Trinajstić information content (AvgIpc) is 2.69. The average molecular weight is 453 g/mol. The molecule has 0 radical (unpaired) electrons. The molecule has 1 unspecified atom stereocenters. The lowest BCUT2D eigenvalue weighted by Crippen LogP contribution is -2.29. The lowest BCUT2D eigenvalue weighted by atomic mass is 10.1. The van der Waals surface area contributed by atoms with Crippen molar-refractivity contribution in [2.24, 2.45) is 0 Å². The third-order valence-electron chi connectivity index (χ3n) is 4.27. The summed E-state index contributed by atoms with van der Waals surface area (Å²) in [6.07, 6.45) is 0.354. The van der Waals surface area contributed by atoms with E-state index in [0.29, 0.717) is 24.3 Å². The number of benzene rings is 2. The summed E-state index contributed by atoms with van der Waals surface area (Å²) in [7, 11) is -3.25. The number of sulfone groups is 1. The van der Waals surface area contributed by atoms with Crippen LogP contribution in [0.15, 0.2) is 47.4 Å². The van der Waals surface area contributed by atoms with Gasteiger partial charge in [-0.15, -0.1) is 0 Å². The smallest absolute Gasteiger partial charge is 0.333 e. The Morgan fingerprint density at radius 3 is 2.26 bits per heavy atom. The summed E-state index contributed by atoms with van der Waals surface area (Å²) in [5.41, 5.74) is 0.424. The van der Waals surface area contributed by atoms with Crippen LogP contribution in [-0.2, 0) is 25.8 Å². The fourth-order valence-electron chi connectivity index (χ4n) is 2.78. The molecule has 170 valence electrons. The van der Waals surface area contributed by atoms with E-state index < -0.39 is 21.9 Å². The Morgan fingerprint density at radius 2 is 1.68 bits per heavy atom. The zero-order chi connectivity index (χ0) is 23.0. The van der Waals surface area contributed by atoms with Crippen molar-refractivity contribution in [3.8, 4) is 17.2 Å². The van der Waals surface area contributed by atoms with Gasteiger partial charge in [0.15, 0.2) is 27.4 Å². The van der Waals surface area contributed by atoms with E-state index in [1.165, 1.54) is 12.1 Å². The first-order chi connectivity index (χ1) is 14.6. The zero-order valence-electron chi connectivity index (χ0n) is 17.8. The number of hydrogen-bond donors (Lipinski definition) is 2. The van der Waals surface area contributed by atoms with Crippen LogP contribution in [0.1, 0.15) is 25.8 Å². The number of aromatic hydroxyl groups is 1. The van der Waals surface area contributed by atoms with Crippen LogP contribution >= 0.6 is 0 Å². The number of aliphatic carboxylic acids is 1. The van der Waals surface area contributed by atoms with Crippen molar-refractivity contribution in [2.45, 2.75) is 43.8 Å². The van der Waals surface area contributed by atoms with Crippen molar-refractivity contribution in [2.75, 3.05) is 19.5 Å². The molecule has 31 heavy (non-hydrogen) atoms. The fraction of sp³-hybridized carbons (Fsp3) is 0.409. The van der Waals surface area contributed by atoms with Gasteiger partial charge in [-0.25, -0.2) is 13.2 Å². The Labute approximate surface area is 182 Å². The van der Waals surface area contributed by atoms with Crippen molar-refractivity contribution >= 4 is 15.8 Å². The van der Waals surface area contributed by atoms with E-state index in [9.17, 15) is 23.4 Å². The van der Waals surface area contributed by atoms with Gasteiger partial charge in [-0.2, -0.15) is 0 Å². The first-order valence-electron chi connectivity index (χ1n) is 9.82. The molecule has 8 nitrogen and oxygen atoms in total. The maximum absolute atomic E-state index is 11.5. The molecule has 0 spiro atoms. The van der Waals surface area contributed by atoms with E-state index >= 15 is 0 Å². The first-order valence-corrected chi connectivity index (χ1v) is 11.7. The summed E-state index contributed by atoms with van der Waals surface area (Å²) >= 11 is 0. The number of para-hydroxylation sites is 1. The molecule has 1 atom stereocenters. The molecule has 2 aromatic carbocycles. The summed E-state index contributed by atoms with van der Waals surface area (Å²) in [5.74, 6) is -0.412. The molecule has 0 amide bonds. The Balaban J connectivity index is 1.86. The van der Waals surface area contributed by atoms with Crippen LogP contribution in [-0.4, -0.2) is 56.3 Å². The molecule has 9 heteroatoms. The number of phenolic OH excluding ortho intramolecular Hbond substituents is 1. The third-order valence-corrected chi connectivity index (χ3v) is 5.40. The van der Waals surface area contributed by atoms with Crippen molar-refractivity contribution < 1.29 is 37.6 Å². The molecule has 0 fully saturated rings. The van der Waals surface area contributed by atoms with E-state index in [2.05, 4.69) is 0 Å². The Morgan fingerprint density at radius 1 is 1.03 bits per heavy atom. The number of ether oxygens (including phenoxy) is 3. The minimum atomic E-state index is -3.25. The highest BCUT2D eigenvalue weighted by Crippen LogP contribution is 2.31. The summed E-state index contributed by atoms with van der Waals surface area (Å²) in [6.45, 7) is 4.10. The quantitative estimate of drug-likeness (QED) is 0.472. The minimum Gasteiger partial charge on any atom is -0.504 e. The number of carboxylic acid groups (broad SMARTS) is 1. The number of carboxylic acids is 1. The fourth-order valence-corrected chi connectivity index (χ4v) is 3.42. The Kier molecular flexibility index (Phi) is 8.70. The minimum absolute atomic E-state index is 0.0170. The summed E-state index contributed by atoms with van der Waals surface area (Å²) in [4.78, 5) is 11.6. The van der Waals surface area contributed by atoms with Gasteiger partial charge in [-0.1, -0.05) is 12.1 Å². The number of phenols is 1. The SMILES string of the molecule is CC(C)OC(Cc1cccc(OCCCOc2ccc(S(C)(=O)=O)cc2)c1O)C(=O)O.